The molecule has 53 heavy (non-hydrogen) atoms. The van der Waals surface area contributed by atoms with Crippen molar-refractivity contribution in [3.63, 3.8) is 0 Å². The van der Waals surface area contributed by atoms with E-state index in [1.165, 1.54) is 23.5 Å². The van der Waals surface area contributed by atoms with E-state index in [0.29, 0.717) is 24.8 Å². The molecule has 1 aromatic carbocycles. The van der Waals surface area contributed by atoms with Crippen molar-refractivity contribution in [3.05, 3.63) is 60.2 Å². The van der Waals surface area contributed by atoms with Crippen LogP contribution >= 0.6 is 0 Å². The quantitative estimate of drug-likeness (QED) is 0.132. The molecular weight excluding hydrogens is 682 g/mol. The molecule has 288 valence electrons. The van der Waals surface area contributed by atoms with E-state index < -0.39 is 77.4 Å². The molecule has 2 heterocycles. The third-order valence-electron chi connectivity index (χ3n) is 9.27. The number of nitrogens with one attached hydrogen (secondary N) is 4. The monoisotopic (exact) mass is 735 g/mol. The van der Waals surface area contributed by atoms with Crippen molar-refractivity contribution in [2.45, 2.75) is 110 Å². The number of carbonyl (C=O) groups excluding carboxylic acids is 6. The molecule has 0 spiro atoms. The predicted octanol–water partition coefficient (Wildman–Crippen LogP) is 2.06. The molecule has 6 atom stereocenters. The average molecular weight is 736 g/mol. The van der Waals surface area contributed by atoms with Gasteiger partial charge in [0.25, 0.3) is 11.8 Å². The van der Waals surface area contributed by atoms with Gasteiger partial charge in [0.15, 0.2) is 0 Å². The van der Waals surface area contributed by atoms with Crippen LogP contribution in [0.15, 0.2) is 48.9 Å². The van der Waals surface area contributed by atoms with Crippen LogP contribution < -0.4 is 21.3 Å². The second-order valence-electron chi connectivity index (χ2n) is 14.2. The molecule has 5 amide bonds. The minimum atomic E-state index is -1.37. The number of hydrogen-bond acceptors (Lipinski definition) is 9. The fourth-order valence-electron chi connectivity index (χ4n) is 6.44. The highest BCUT2D eigenvalue weighted by molar-refractivity contribution is 6.38. The standard InChI is InChI=1S/C38H53N7O8/c1-7-12-26(32(46)36(50)43-28(38(52)53)20-24-13-10-9-11-14-24)41-35(49)31-25(8-2)15-18-45(31)37(51)30(23(5)6)44-33(47)27(19-22(3)4)42-34(48)29-21-39-16-17-40-29/h9-11,13-14,16-17,21-23,25-28,30-31H,7-8,12,15,18-20H2,1-6H3,(H,41,49)(H,42,48)(H,43,50)(H,44,47)(H,52,53)/t25-,26-,27-,28-,30-,31-/m0/s1. The summed E-state index contributed by atoms with van der Waals surface area (Å²) in [5.74, 6) is -6.37. The summed E-state index contributed by atoms with van der Waals surface area (Å²) in [4.78, 5) is 103. The number of carbonyl (C=O) groups is 7. The normalized spacial score (nSPS) is 17.7. The van der Waals surface area contributed by atoms with E-state index in [-0.39, 0.29) is 43.3 Å². The highest BCUT2D eigenvalue weighted by Gasteiger charge is 2.45. The highest BCUT2D eigenvalue weighted by atomic mass is 16.4. The number of rotatable bonds is 19. The van der Waals surface area contributed by atoms with E-state index in [1.807, 2.05) is 20.8 Å². The first-order valence-electron chi connectivity index (χ1n) is 18.3. The highest BCUT2D eigenvalue weighted by Crippen LogP contribution is 2.29. The van der Waals surface area contributed by atoms with E-state index in [0.717, 1.165) is 0 Å². The molecule has 15 heteroatoms. The van der Waals surface area contributed by atoms with Crippen LogP contribution in [-0.4, -0.2) is 98.0 Å². The Morgan fingerprint density at radius 3 is 2.15 bits per heavy atom. The lowest BCUT2D eigenvalue weighted by molar-refractivity contribution is -0.146. The second kappa shape index (κ2) is 20.1. The number of ketones is 1. The van der Waals surface area contributed by atoms with Gasteiger partial charge in [-0.25, -0.2) is 9.78 Å². The number of Topliss-reactive ketones (excluding diaryl/α,β-unsaturated/α-hetero) is 1. The van der Waals surface area contributed by atoms with Crippen LogP contribution in [0, 0.1) is 17.8 Å². The molecular formula is C38H53N7O8. The first kappa shape index (κ1) is 42.2. The molecule has 5 N–H and O–H groups in total. The number of nitrogens with zero attached hydrogens (tertiary/aromatic N) is 3. The van der Waals surface area contributed by atoms with Crippen molar-refractivity contribution in [3.8, 4) is 0 Å². The summed E-state index contributed by atoms with van der Waals surface area (Å²) in [6, 6.07) is 3.00. The summed E-state index contributed by atoms with van der Waals surface area (Å²) >= 11 is 0. The fraction of sp³-hybridized carbons (Fsp3) is 0.553. The Balaban J connectivity index is 1.78. The lowest BCUT2D eigenvalue weighted by atomic mass is 9.94. The Morgan fingerprint density at radius 1 is 0.887 bits per heavy atom. The van der Waals surface area contributed by atoms with E-state index >= 15 is 0 Å². The number of aromatic nitrogens is 2. The van der Waals surface area contributed by atoms with Crippen molar-refractivity contribution < 1.29 is 38.7 Å². The Hall–Kier alpha value is -5.21. The molecule has 0 bridgehead atoms. The SMILES string of the molecule is CCC[C@H](NC(=O)[C@@H]1[C@@H](CC)CCN1C(=O)[C@@H](NC(=O)[C@H](CC(C)C)NC(=O)c1cnccn1)C(C)C)C(=O)C(=O)N[C@@H](Cc1ccccc1)C(=O)O. The molecule has 0 saturated carbocycles. The number of aliphatic carboxylic acids is 1. The number of amides is 5. The summed E-state index contributed by atoms with van der Waals surface area (Å²) in [6.45, 7) is 11.2. The second-order valence-corrected chi connectivity index (χ2v) is 14.2. The minimum absolute atomic E-state index is 0.0119. The molecule has 1 aliphatic heterocycles. The zero-order valence-electron chi connectivity index (χ0n) is 31.3. The molecule has 0 radical (unpaired) electrons. The van der Waals surface area contributed by atoms with Gasteiger partial charge in [0, 0.05) is 25.4 Å². The number of benzene rings is 1. The van der Waals surface area contributed by atoms with Gasteiger partial charge in [-0.1, -0.05) is 84.7 Å². The predicted molar refractivity (Wildman–Crippen MR) is 195 cm³/mol. The third kappa shape index (κ3) is 11.9. The first-order chi connectivity index (χ1) is 25.2. The van der Waals surface area contributed by atoms with Gasteiger partial charge in [-0.2, -0.15) is 0 Å². The average Bonchev–Trinajstić information content (AvgIpc) is 3.57. The van der Waals surface area contributed by atoms with Crippen LogP contribution in [0.5, 0.6) is 0 Å². The summed E-state index contributed by atoms with van der Waals surface area (Å²) in [5.41, 5.74) is 0.689. The molecule has 0 unspecified atom stereocenters. The number of hydrogen-bond donors (Lipinski definition) is 5. The van der Waals surface area contributed by atoms with E-state index in [2.05, 4.69) is 31.2 Å². The Morgan fingerprint density at radius 2 is 1.58 bits per heavy atom. The lowest BCUT2D eigenvalue weighted by Crippen LogP contribution is -2.60. The van der Waals surface area contributed by atoms with Crippen molar-refractivity contribution in [2.75, 3.05) is 6.54 Å². The van der Waals surface area contributed by atoms with Gasteiger partial charge in [0.2, 0.25) is 23.5 Å². The van der Waals surface area contributed by atoms with E-state index in [9.17, 15) is 38.7 Å². The third-order valence-corrected chi connectivity index (χ3v) is 9.27. The topological polar surface area (TPSA) is 217 Å². The molecule has 1 aliphatic rings. The summed E-state index contributed by atoms with van der Waals surface area (Å²) in [7, 11) is 0. The first-order valence-corrected chi connectivity index (χ1v) is 18.3. The van der Waals surface area contributed by atoms with Crippen molar-refractivity contribution >= 4 is 41.3 Å². The van der Waals surface area contributed by atoms with Crippen LogP contribution in [0.25, 0.3) is 0 Å². The summed E-state index contributed by atoms with van der Waals surface area (Å²) < 4.78 is 0. The Bertz CT molecular complexity index is 1590. The van der Waals surface area contributed by atoms with Gasteiger partial charge in [-0.15, -0.1) is 0 Å². The zero-order valence-corrected chi connectivity index (χ0v) is 31.3. The molecule has 3 rings (SSSR count). The largest absolute Gasteiger partial charge is 0.480 e. The van der Waals surface area contributed by atoms with Gasteiger partial charge < -0.3 is 31.3 Å². The van der Waals surface area contributed by atoms with Gasteiger partial charge in [0.05, 0.1) is 12.2 Å². The van der Waals surface area contributed by atoms with Crippen LogP contribution in [-0.2, 0) is 35.2 Å². The van der Waals surface area contributed by atoms with Crippen LogP contribution in [0.3, 0.4) is 0 Å². The molecule has 0 aliphatic carbocycles. The number of carboxylic acids is 1. The molecule has 2 aromatic rings. The van der Waals surface area contributed by atoms with Crippen molar-refractivity contribution in [1.82, 2.24) is 36.1 Å². The van der Waals surface area contributed by atoms with Gasteiger partial charge in [0.1, 0.15) is 29.9 Å². The number of carboxylic acid groups (broad SMARTS) is 1. The lowest BCUT2D eigenvalue weighted by Gasteiger charge is -2.33. The molecule has 1 saturated heterocycles. The molecule has 1 aromatic heterocycles. The fourth-order valence-corrected chi connectivity index (χ4v) is 6.44. The summed E-state index contributed by atoms with van der Waals surface area (Å²) in [6.07, 6.45) is 5.87. The molecule has 1 fully saturated rings. The van der Waals surface area contributed by atoms with Crippen molar-refractivity contribution in [2.24, 2.45) is 17.8 Å². The van der Waals surface area contributed by atoms with Crippen molar-refractivity contribution in [1.29, 1.82) is 0 Å². The zero-order chi connectivity index (χ0) is 39.2. The Kier molecular flexibility index (Phi) is 16.0. The molecule has 15 nitrogen and oxygen atoms in total. The maximum Gasteiger partial charge on any atom is 0.326 e. The smallest absolute Gasteiger partial charge is 0.326 e. The van der Waals surface area contributed by atoms with Crippen LogP contribution in [0.4, 0.5) is 0 Å². The maximum atomic E-state index is 14.2. The van der Waals surface area contributed by atoms with Crippen LogP contribution in [0.2, 0.25) is 0 Å². The maximum absolute atomic E-state index is 14.2. The minimum Gasteiger partial charge on any atom is -0.480 e. The van der Waals surface area contributed by atoms with E-state index in [1.54, 1.807) is 51.1 Å². The van der Waals surface area contributed by atoms with Gasteiger partial charge in [-0.3, -0.25) is 33.8 Å². The van der Waals surface area contributed by atoms with Crippen LogP contribution in [0.1, 0.15) is 89.7 Å². The number of likely N-dealkylation sites (tertiary alicyclic amines) is 1. The summed E-state index contributed by atoms with van der Waals surface area (Å²) in [5, 5.41) is 20.3. The van der Waals surface area contributed by atoms with Gasteiger partial charge >= 0.3 is 5.97 Å². The Labute approximate surface area is 310 Å². The van der Waals surface area contributed by atoms with Gasteiger partial charge in [-0.05, 0) is 42.6 Å². The van der Waals surface area contributed by atoms with E-state index in [4.69, 9.17) is 0 Å².